The first kappa shape index (κ1) is 10.5. The zero-order chi connectivity index (χ0) is 10.4. The first-order valence-corrected chi connectivity index (χ1v) is 4.50. The van der Waals surface area contributed by atoms with Gasteiger partial charge in [-0.1, -0.05) is 12.1 Å². The molecule has 75 valence electrons. The summed E-state index contributed by atoms with van der Waals surface area (Å²) in [4.78, 5) is 11.4. The average Bonchev–Trinajstić information content (AvgIpc) is 2.18. The molecular formula is C10H13N2O2. The molecule has 1 radical (unpaired) electrons. The summed E-state index contributed by atoms with van der Waals surface area (Å²) in [5, 5.41) is 13.8. The molecule has 0 bridgehead atoms. The molecule has 1 aromatic carbocycles. The second kappa shape index (κ2) is 5.24. The van der Waals surface area contributed by atoms with Gasteiger partial charge in [-0.25, -0.2) is 0 Å². The number of para-hydroxylation sites is 1. The highest BCUT2D eigenvalue weighted by Crippen LogP contribution is 2.15. The van der Waals surface area contributed by atoms with Crippen LogP contribution in [-0.4, -0.2) is 19.0 Å². The second-order valence-corrected chi connectivity index (χ2v) is 2.89. The van der Waals surface area contributed by atoms with E-state index in [-0.39, 0.29) is 17.2 Å². The third-order valence-corrected chi connectivity index (χ3v) is 1.80. The number of hydrogen-bond acceptors (Lipinski definition) is 2. The molecule has 0 aromatic heterocycles. The van der Waals surface area contributed by atoms with Crippen molar-refractivity contribution in [1.82, 2.24) is 5.32 Å². The Morgan fingerprint density at radius 2 is 2.07 bits per heavy atom. The number of carbonyl (C=O) groups excluding carboxylic acids is 1. The molecule has 4 heteroatoms. The van der Waals surface area contributed by atoms with Gasteiger partial charge in [0.1, 0.15) is 0 Å². The summed E-state index contributed by atoms with van der Waals surface area (Å²) in [5.74, 6) is -0.582. The fraction of sp³-hybridized carbons (Fsp3) is 0.300. The monoisotopic (exact) mass is 193 g/mol. The van der Waals surface area contributed by atoms with Gasteiger partial charge in [-0.2, -0.15) is 0 Å². The van der Waals surface area contributed by atoms with Crippen molar-refractivity contribution in [1.29, 1.82) is 0 Å². The van der Waals surface area contributed by atoms with E-state index >= 15 is 0 Å². The van der Waals surface area contributed by atoms with Crippen LogP contribution in [0, 0.1) is 0 Å². The van der Waals surface area contributed by atoms with Gasteiger partial charge in [0.2, 0.25) is 0 Å². The number of rotatable bonds is 4. The van der Waals surface area contributed by atoms with Crippen molar-refractivity contribution >= 4 is 5.91 Å². The van der Waals surface area contributed by atoms with E-state index in [0.717, 1.165) is 0 Å². The van der Waals surface area contributed by atoms with Gasteiger partial charge < -0.3 is 11.1 Å². The molecular weight excluding hydrogens is 180 g/mol. The predicted octanol–water partition coefficient (Wildman–Crippen LogP) is 0.909. The maximum atomic E-state index is 11.4. The maximum absolute atomic E-state index is 11.4. The molecule has 1 aromatic rings. The van der Waals surface area contributed by atoms with Crippen molar-refractivity contribution < 1.29 is 9.90 Å². The summed E-state index contributed by atoms with van der Waals surface area (Å²) in [6, 6.07) is 6.16. The average molecular weight is 193 g/mol. The van der Waals surface area contributed by atoms with E-state index in [1.54, 1.807) is 12.1 Å². The molecule has 3 N–H and O–H groups in total. The van der Waals surface area contributed by atoms with Crippen LogP contribution in [0.5, 0.6) is 5.75 Å². The van der Waals surface area contributed by atoms with Gasteiger partial charge in [0.05, 0.1) is 5.56 Å². The Balaban J connectivity index is 2.56. The van der Waals surface area contributed by atoms with Crippen LogP contribution in [0.25, 0.3) is 0 Å². The lowest BCUT2D eigenvalue weighted by molar-refractivity contribution is 0.0949. The number of carbonyl (C=O) groups is 1. The highest BCUT2D eigenvalue weighted by molar-refractivity contribution is 5.96. The van der Waals surface area contributed by atoms with E-state index < -0.39 is 0 Å². The van der Waals surface area contributed by atoms with Crippen LogP contribution in [-0.2, 0) is 5.11 Å². The molecule has 0 aliphatic carbocycles. The zero-order valence-electron chi connectivity index (χ0n) is 7.82. The summed E-state index contributed by atoms with van der Waals surface area (Å²) >= 11 is 0. The van der Waals surface area contributed by atoms with Crippen molar-refractivity contribution in [3.05, 3.63) is 29.8 Å². The first-order valence-electron chi connectivity index (χ1n) is 4.50. The first-order chi connectivity index (χ1) is 6.75. The zero-order valence-corrected chi connectivity index (χ0v) is 7.82. The molecule has 0 spiro atoms. The molecule has 1 amide bonds. The molecule has 0 saturated heterocycles. The second-order valence-electron chi connectivity index (χ2n) is 2.89. The normalized spacial score (nSPS) is 9.79. The Morgan fingerprint density at radius 3 is 2.71 bits per heavy atom. The molecule has 1 rings (SSSR count). The Morgan fingerprint density at radius 1 is 1.36 bits per heavy atom. The van der Waals surface area contributed by atoms with Gasteiger partial charge in [0.15, 0.2) is 5.75 Å². The molecule has 0 fully saturated rings. The van der Waals surface area contributed by atoms with Crippen molar-refractivity contribution in [2.24, 2.45) is 5.73 Å². The summed E-state index contributed by atoms with van der Waals surface area (Å²) in [6.45, 7) is 1.03. The Hall–Kier alpha value is -1.55. The molecule has 0 heterocycles. The smallest absolute Gasteiger partial charge is 0.255 e. The Bertz CT molecular complexity index is 313. The van der Waals surface area contributed by atoms with Crippen molar-refractivity contribution in [3.63, 3.8) is 0 Å². The van der Waals surface area contributed by atoms with E-state index in [2.05, 4.69) is 5.32 Å². The Labute approximate surface area is 82.7 Å². The third kappa shape index (κ3) is 2.74. The van der Waals surface area contributed by atoms with Crippen molar-refractivity contribution in [2.75, 3.05) is 13.1 Å². The lowest BCUT2D eigenvalue weighted by atomic mass is 10.2. The minimum atomic E-state index is -0.330. The van der Waals surface area contributed by atoms with Gasteiger partial charge in [0.25, 0.3) is 5.91 Å². The lowest BCUT2D eigenvalue weighted by Gasteiger charge is -2.03. The van der Waals surface area contributed by atoms with E-state index in [1.165, 1.54) is 12.1 Å². The molecule has 0 aliphatic heterocycles. The summed E-state index contributed by atoms with van der Waals surface area (Å²) in [6.07, 6.45) is 0.715. The topological polar surface area (TPSA) is 75.0 Å². The van der Waals surface area contributed by atoms with Gasteiger partial charge >= 0.3 is 0 Å². The molecule has 4 nitrogen and oxygen atoms in total. The van der Waals surface area contributed by atoms with E-state index in [1.807, 2.05) is 0 Å². The third-order valence-electron chi connectivity index (χ3n) is 1.80. The van der Waals surface area contributed by atoms with Crippen LogP contribution in [0.15, 0.2) is 24.3 Å². The van der Waals surface area contributed by atoms with Crippen LogP contribution in [0.2, 0.25) is 0 Å². The minimum absolute atomic E-state index is 0.185. The van der Waals surface area contributed by atoms with Crippen LogP contribution in [0.3, 0.4) is 0 Å². The van der Waals surface area contributed by atoms with Gasteiger partial charge in [-0.3, -0.25) is 9.90 Å². The Kier molecular flexibility index (Phi) is 3.94. The van der Waals surface area contributed by atoms with Gasteiger partial charge in [-0.05, 0) is 25.1 Å². The number of amides is 1. The number of nitrogens with one attached hydrogen (secondary N) is 1. The van der Waals surface area contributed by atoms with Gasteiger partial charge in [0, 0.05) is 6.54 Å². The number of benzene rings is 1. The number of hydrogen-bond donors (Lipinski definition) is 2. The molecule has 0 saturated carbocycles. The van der Waals surface area contributed by atoms with Gasteiger partial charge in [-0.15, -0.1) is 0 Å². The largest absolute Gasteiger partial charge is 0.352 e. The SMILES string of the molecule is NCCCNC(=O)c1ccccc1[O]. The van der Waals surface area contributed by atoms with Crippen LogP contribution in [0.1, 0.15) is 16.8 Å². The standard InChI is InChI=1S/C10H13N2O2/c11-6-3-7-12-10(14)8-4-1-2-5-9(8)13/h1-2,4-5H,3,6-7,11H2,(H,12,14). The predicted molar refractivity (Wildman–Crippen MR) is 52.6 cm³/mol. The van der Waals surface area contributed by atoms with Crippen LogP contribution >= 0.6 is 0 Å². The summed E-state index contributed by atoms with van der Waals surface area (Å²) < 4.78 is 0. The maximum Gasteiger partial charge on any atom is 0.255 e. The minimum Gasteiger partial charge on any atom is -0.352 e. The molecule has 14 heavy (non-hydrogen) atoms. The lowest BCUT2D eigenvalue weighted by Crippen LogP contribution is -2.25. The highest BCUT2D eigenvalue weighted by atomic mass is 16.3. The quantitative estimate of drug-likeness (QED) is 0.697. The molecule has 0 unspecified atom stereocenters. The molecule has 0 atom stereocenters. The van der Waals surface area contributed by atoms with Crippen molar-refractivity contribution in [3.8, 4) is 5.75 Å². The molecule has 0 aliphatic rings. The van der Waals surface area contributed by atoms with E-state index in [9.17, 15) is 9.90 Å². The van der Waals surface area contributed by atoms with Crippen LogP contribution < -0.4 is 11.1 Å². The van der Waals surface area contributed by atoms with E-state index in [0.29, 0.717) is 19.5 Å². The summed E-state index contributed by atoms with van der Waals surface area (Å²) in [7, 11) is 0. The van der Waals surface area contributed by atoms with Crippen molar-refractivity contribution in [2.45, 2.75) is 6.42 Å². The van der Waals surface area contributed by atoms with E-state index in [4.69, 9.17) is 5.73 Å². The van der Waals surface area contributed by atoms with Crippen LogP contribution in [0.4, 0.5) is 0 Å². The fourth-order valence-electron chi connectivity index (χ4n) is 1.05. The highest BCUT2D eigenvalue weighted by Gasteiger charge is 2.09. The summed E-state index contributed by atoms with van der Waals surface area (Å²) in [5.41, 5.74) is 5.46. The fourth-order valence-corrected chi connectivity index (χ4v) is 1.05. The number of nitrogens with two attached hydrogens (primary N) is 1.